The predicted octanol–water partition coefficient (Wildman–Crippen LogP) is 2.16. The van der Waals surface area contributed by atoms with E-state index >= 15 is 0 Å². The van der Waals surface area contributed by atoms with E-state index in [4.69, 9.17) is 5.11 Å². The van der Waals surface area contributed by atoms with E-state index in [0.717, 1.165) is 11.3 Å². The summed E-state index contributed by atoms with van der Waals surface area (Å²) in [5, 5.41) is 13.0. The van der Waals surface area contributed by atoms with Gasteiger partial charge in [-0.05, 0) is 26.0 Å². The fraction of sp³-hybridized carbons (Fsp3) is 0.273. The van der Waals surface area contributed by atoms with Crippen LogP contribution in [0.5, 0.6) is 0 Å². The van der Waals surface area contributed by atoms with Gasteiger partial charge in [0.05, 0.1) is 5.69 Å². The summed E-state index contributed by atoms with van der Waals surface area (Å²) in [6.45, 7) is 3.93. The standard InChI is InChI=1S/C11H13N3O2/c1-7(2)14-10(8-3-4-12-6-8)5-9(13-14)11(15)16/h3-7,12H,1-2H3,(H,15,16). The number of aromatic carboxylic acids is 1. The van der Waals surface area contributed by atoms with Gasteiger partial charge in [-0.2, -0.15) is 5.10 Å². The monoisotopic (exact) mass is 219 g/mol. The van der Waals surface area contributed by atoms with E-state index in [1.807, 2.05) is 26.1 Å². The lowest BCUT2D eigenvalue weighted by atomic mass is 10.2. The zero-order chi connectivity index (χ0) is 11.7. The minimum atomic E-state index is -1.00. The van der Waals surface area contributed by atoms with Crippen molar-refractivity contribution in [3.63, 3.8) is 0 Å². The number of H-pyrrole nitrogens is 1. The van der Waals surface area contributed by atoms with E-state index < -0.39 is 5.97 Å². The third-order valence-electron chi connectivity index (χ3n) is 2.34. The Labute approximate surface area is 92.7 Å². The summed E-state index contributed by atoms with van der Waals surface area (Å²) >= 11 is 0. The topological polar surface area (TPSA) is 70.9 Å². The Morgan fingerprint density at radius 3 is 2.81 bits per heavy atom. The molecule has 0 atom stereocenters. The van der Waals surface area contributed by atoms with Crippen LogP contribution in [0.25, 0.3) is 11.3 Å². The largest absolute Gasteiger partial charge is 0.476 e. The highest BCUT2D eigenvalue weighted by Crippen LogP contribution is 2.23. The maximum atomic E-state index is 10.9. The number of nitrogens with one attached hydrogen (secondary N) is 1. The highest BCUT2D eigenvalue weighted by atomic mass is 16.4. The van der Waals surface area contributed by atoms with Gasteiger partial charge in [0.25, 0.3) is 0 Å². The molecule has 0 fully saturated rings. The molecule has 0 unspecified atom stereocenters. The molecule has 0 amide bonds. The maximum absolute atomic E-state index is 10.9. The number of aromatic amines is 1. The van der Waals surface area contributed by atoms with E-state index in [1.54, 1.807) is 16.9 Å². The molecule has 2 aromatic heterocycles. The van der Waals surface area contributed by atoms with Crippen molar-refractivity contribution in [1.82, 2.24) is 14.8 Å². The van der Waals surface area contributed by atoms with Gasteiger partial charge < -0.3 is 10.1 Å². The number of carbonyl (C=O) groups is 1. The number of hydrogen-bond donors (Lipinski definition) is 2. The SMILES string of the molecule is CC(C)n1nc(C(=O)O)cc1-c1cc[nH]c1. The summed E-state index contributed by atoms with van der Waals surface area (Å²) in [7, 11) is 0. The molecule has 0 aliphatic carbocycles. The molecule has 0 aromatic carbocycles. The first-order valence-electron chi connectivity index (χ1n) is 5.05. The van der Waals surface area contributed by atoms with Crippen LogP contribution in [0.4, 0.5) is 0 Å². The van der Waals surface area contributed by atoms with Crippen molar-refractivity contribution >= 4 is 5.97 Å². The van der Waals surface area contributed by atoms with Crippen LogP contribution in [-0.2, 0) is 0 Å². The number of rotatable bonds is 3. The first kappa shape index (κ1) is 10.5. The van der Waals surface area contributed by atoms with Gasteiger partial charge in [-0.15, -0.1) is 0 Å². The Morgan fingerprint density at radius 1 is 1.56 bits per heavy atom. The molecule has 0 bridgehead atoms. The van der Waals surface area contributed by atoms with Crippen molar-refractivity contribution < 1.29 is 9.90 Å². The van der Waals surface area contributed by atoms with Crippen molar-refractivity contribution in [2.24, 2.45) is 0 Å². The van der Waals surface area contributed by atoms with Crippen molar-refractivity contribution in [3.8, 4) is 11.3 Å². The lowest BCUT2D eigenvalue weighted by molar-refractivity contribution is 0.0689. The number of carboxylic acid groups (broad SMARTS) is 1. The average Bonchev–Trinajstić information content (AvgIpc) is 2.86. The van der Waals surface area contributed by atoms with Crippen LogP contribution in [0.15, 0.2) is 24.5 Å². The Balaban J connectivity index is 2.55. The summed E-state index contributed by atoms with van der Waals surface area (Å²) in [4.78, 5) is 13.8. The highest BCUT2D eigenvalue weighted by Gasteiger charge is 2.16. The molecule has 0 spiro atoms. The van der Waals surface area contributed by atoms with Gasteiger partial charge in [0, 0.05) is 24.0 Å². The Kier molecular flexibility index (Phi) is 2.52. The molecular weight excluding hydrogens is 206 g/mol. The zero-order valence-corrected chi connectivity index (χ0v) is 9.14. The summed E-state index contributed by atoms with van der Waals surface area (Å²) in [6, 6.07) is 3.60. The van der Waals surface area contributed by atoms with Crippen LogP contribution in [0.1, 0.15) is 30.4 Å². The van der Waals surface area contributed by atoms with Gasteiger partial charge in [-0.25, -0.2) is 4.79 Å². The summed E-state index contributed by atoms with van der Waals surface area (Å²) < 4.78 is 1.71. The van der Waals surface area contributed by atoms with Crippen LogP contribution in [-0.4, -0.2) is 25.8 Å². The lowest BCUT2D eigenvalue weighted by Crippen LogP contribution is -2.06. The van der Waals surface area contributed by atoms with Crippen LogP contribution >= 0.6 is 0 Å². The summed E-state index contributed by atoms with van der Waals surface area (Å²) in [6.07, 6.45) is 3.62. The smallest absolute Gasteiger partial charge is 0.356 e. The molecule has 0 radical (unpaired) electrons. The van der Waals surface area contributed by atoms with E-state index in [2.05, 4.69) is 10.1 Å². The number of aromatic nitrogens is 3. The fourth-order valence-corrected chi connectivity index (χ4v) is 1.59. The number of carboxylic acids is 1. The van der Waals surface area contributed by atoms with Crippen LogP contribution in [0, 0.1) is 0 Å². The molecule has 16 heavy (non-hydrogen) atoms. The molecule has 0 saturated carbocycles. The minimum absolute atomic E-state index is 0.0740. The van der Waals surface area contributed by atoms with Gasteiger partial charge in [0.2, 0.25) is 0 Å². The quantitative estimate of drug-likeness (QED) is 0.830. The molecule has 2 heterocycles. The number of hydrogen-bond acceptors (Lipinski definition) is 2. The molecule has 5 nitrogen and oxygen atoms in total. The van der Waals surface area contributed by atoms with Gasteiger partial charge >= 0.3 is 5.97 Å². The second-order valence-electron chi connectivity index (χ2n) is 3.86. The lowest BCUT2D eigenvalue weighted by Gasteiger charge is -2.09. The van der Waals surface area contributed by atoms with E-state index in [-0.39, 0.29) is 11.7 Å². The minimum Gasteiger partial charge on any atom is -0.476 e. The van der Waals surface area contributed by atoms with Gasteiger partial charge in [0.1, 0.15) is 0 Å². The van der Waals surface area contributed by atoms with Gasteiger partial charge in [-0.1, -0.05) is 0 Å². The van der Waals surface area contributed by atoms with E-state index in [1.165, 1.54) is 0 Å². The van der Waals surface area contributed by atoms with Gasteiger partial charge in [0.15, 0.2) is 5.69 Å². The molecular formula is C11H13N3O2. The van der Waals surface area contributed by atoms with Crippen molar-refractivity contribution in [2.45, 2.75) is 19.9 Å². The molecule has 0 aliphatic heterocycles. The summed E-state index contributed by atoms with van der Waals surface area (Å²) in [5.41, 5.74) is 1.83. The van der Waals surface area contributed by atoms with Crippen molar-refractivity contribution in [1.29, 1.82) is 0 Å². The number of nitrogens with zero attached hydrogens (tertiary/aromatic N) is 2. The Hall–Kier alpha value is -2.04. The van der Waals surface area contributed by atoms with Crippen LogP contribution in [0.3, 0.4) is 0 Å². The van der Waals surface area contributed by atoms with E-state index in [9.17, 15) is 4.79 Å². The Bertz CT molecular complexity index is 497. The maximum Gasteiger partial charge on any atom is 0.356 e. The first-order chi connectivity index (χ1) is 7.59. The Morgan fingerprint density at radius 2 is 2.31 bits per heavy atom. The second-order valence-corrected chi connectivity index (χ2v) is 3.86. The molecule has 0 aliphatic rings. The van der Waals surface area contributed by atoms with Crippen molar-refractivity contribution in [3.05, 3.63) is 30.2 Å². The van der Waals surface area contributed by atoms with Crippen molar-refractivity contribution in [2.75, 3.05) is 0 Å². The van der Waals surface area contributed by atoms with Crippen LogP contribution < -0.4 is 0 Å². The molecule has 2 rings (SSSR count). The summed E-state index contributed by atoms with van der Waals surface area (Å²) in [5.74, 6) is -1.00. The second kappa shape index (κ2) is 3.84. The highest BCUT2D eigenvalue weighted by molar-refractivity contribution is 5.87. The first-order valence-corrected chi connectivity index (χ1v) is 5.05. The molecule has 0 saturated heterocycles. The average molecular weight is 219 g/mol. The normalized spacial score (nSPS) is 10.9. The van der Waals surface area contributed by atoms with E-state index in [0.29, 0.717) is 0 Å². The molecule has 5 heteroatoms. The molecule has 84 valence electrons. The third kappa shape index (κ3) is 1.71. The molecule has 2 N–H and O–H groups in total. The predicted molar refractivity (Wildman–Crippen MR) is 59.4 cm³/mol. The zero-order valence-electron chi connectivity index (χ0n) is 9.14. The fourth-order valence-electron chi connectivity index (χ4n) is 1.59. The van der Waals surface area contributed by atoms with Gasteiger partial charge in [-0.3, -0.25) is 4.68 Å². The third-order valence-corrected chi connectivity index (χ3v) is 2.34. The van der Waals surface area contributed by atoms with Crippen LogP contribution in [0.2, 0.25) is 0 Å². The molecule has 2 aromatic rings.